The van der Waals surface area contributed by atoms with Gasteiger partial charge in [-0.2, -0.15) is 4.31 Å². The predicted octanol–water partition coefficient (Wildman–Crippen LogP) is 0.801. The van der Waals surface area contributed by atoms with Crippen molar-refractivity contribution in [2.45, 2.75) is 24.7 Å². The Bertz CT molecular complexity index is 583. The monoisotopic (exact) mass is 326 g/mol. The second-order valence-corrected chi connectivity index (χ2v) is 7.21. The first-order chi connectivity index (χ1) is 10.5. The second kappa shape index (κ2) is 7.55. The number of amides is 2. The summed E-state index contributed by atoms with van der Waals surface area (Å²) in [5, 5.41) is 5.49. The van der Waals surface area contributed by atoms with E-state index in [0.29, 0.717) is 32.1 Å². The van der Waals surface area contributed by atoms with Gasteiger partial charge in [-0.25, -0.2) is 13.2 Å². The fourth-order valence-corrected chi connectivity index (χ4v) is 3.90. The van der Waals surface area contributed by atoms with Crippen molar-refractivity contribution in [3.8, 4) is 0 Å². The Morgan fingerprint density at radius 2 is 2.09 bits per heavy atom. The topological polar surface area (TPSA) is 91.4 Å². The summed E-state index contributed by atoms with van der Waals surface area (Å²) in [6.07, 6.45) is 4.41. The van der Waals surface area contributed by atoms with Crippen LogP contribution in [0.1, 0.15) is 19.8 Å². The number of nitrogens with zero attached hydrogens (tertiary/aromatic N) is 2. The average Bonchev–Trinajstić information content (AvgIpc) is 2.54. The molecule has 8 heteroatoms. The van der Waals surface area contributed by atoms with Gasteiger partial charge in [0.25, 0.3) is 0 Å². The molecule has 0 atom stereocenters. The van der Waals surface area contributed by atoms with Gasteiger partial charge in [-0.05, 0) is 37.8 Å². The van der Waals surface area contributed by atoms with Gasteiger partial charge >= 0.3 is 6.03 Å². The molecule has 2 N–H and O–H groups in total. The summed E-state index contributed by atoms with van der Waals surface area (Å²) in [7, 11) is -3.45. The van der Waals surface area contributed by atoms with Gasteiger partial charge in [-0.15, -0.1) is 0 Å². The first-order valence-corrected chi connectivity index (χ1v) is 8.90. The number of urea groups is 1. The van der Waals surface area contributed by atoms with Gasteiger partial charge < -0.3 is 10.6 Å². The standard InChI is InChI=1S/C14H22N4O3S/c1-2-16-14(19)17-10-12-5-8-18(9-6-12)22(20,21)13-4-3-7-15-11-13/h3-4,7,11-12H,2,5-6,8-10H2,1H3,(H2,16,17,19). The summed E-state index contributed by atoms with van der Waals surface area (Å²) >= 11 is 0. The number of carbonyl (C=O) groups is 1. The molecular formula is C14H22N4O3S. The fraction of sp³-hybridized carbons (Fsp3) is 0.571. The van der Waals surface area contributed by atoms with Crippen LogP contribution in [-0.4, -0.2) is 49.9 Å². The molecule has 0 aromatic carbocycles. The number of piperidine rings is 1. The molecule has 0 radical (unpaired) electrons. The molecule has 0 spiro atoms. The van der Waals surface area contributed by atoms with E-state index >= 15 is 0 Å². The van der Waals surface area contributed by atoms with Crippen molar-refractivity contribution in [1.29, 1.82) is 0 Å². The lowest BCUT2D eigenvalue weighted by molar-refractivity contribution is 0.231. The van der Waals surface area contributed by atoms with Crippen LogP contribution in [0.15, 0.2) is 29.4 Å². The molecule has 2 rings (SSSR count). The van der Waals surface area contributed by atoms with Gasteiger partial charge in [-0.3, -0.25) is 4.98 Å². The summed E-state index contributed by atoms with van der Waals surface area (Å²) in [5.74, 6) is 0.308. The molecule has 1 aliphatic rings. The quantitative estimate of drug-likeness (QED) is 0.837. The smallest absolute Gasteiger partial charge is 0.314 e. The van der Waals surface area contributed by atoms with E-state index in [1.54, 1.807) is 18.3 Å². The number of pyridine rings is 1. The second-order valence-electron chi connectivity index (χ2n) is 5.28. The Balaban J connectivity index is 1.86. The minimum absolute atomic E-state index is 0.173. The van der Waals surface area contributed by atoms with E-state index in [1.807, 2.05) is 6.92 Å². The third-order valence-electron chi connectivity index (χ3n) is 3.73. The van der Waals surface area contributed by atoms with Crippen molar-refractivity contribution in [2.75, 3.05) is 26.2 Å². The highest BCUT2D eigenvalue weighted by Gasteiger charge is 2.29. The van der Waals surface area contributed by atoms with Crippen LogP contribution in [0.4, 0.5) is 4.79 Å². The van der Waals surface area contributed by atoms with Gasteiger partial charge in [0.15, 0.2) is 0 Å². The lowest BCUT2D eigenvalue weighted by Gasteiger charge is -2.31. The number of sulfonamides is 1. The van der Waals surface area contributed by atoms with Crippen LogP contribution < -0.4 is 10.6 Å². The van der Waals surface area contributed by atoms with Crippen molar-refractivity contribution >= 4 is 16.1 Å². The van der Waals surface area contributed by atoms with E-state index in [0.717, 1.165) is 12.8 Å². The lowest BCUT2D eigenvalue weighted by Crippen LogP contribution is -2.43. The van der Waals surface area contributed by atoms with Crippen LogP contribution in [0.3, 0.4) is 0 Å². The maximum atomic E-state index is 12.5. The van der Waals surface area contributed by atoms with E-state index in [1.165, 1.54) is 10.5 Å². The van der Waals surface area contributed by atoms with E-state index in [4.69, 9.17) is 0 Å². The summed E-state index contributed by atoms with van der Waals surface area (Å²) in [4.78, 5) is 15.5. The summed E-state index contributed by atoms with van der Waals surface area (Å²) in [6, 6.07) is 3.01. The molecule has 2 amide bonds. The van der Waals surface area contributed by atoms with E-state index in [2.05, 4.69) is 15.6 Å². The fourth-order valence-electron chi connectivity index (χ4n) is 2.46. The zero-order valence-electron chi connectivity index (χ0n) is 12.7. The average molecular weight is 326 g/mol. The molecule has 0 unspecified atom stereocenters. The highest BCUT2D eigenvalue weighted by atomic mass is 32.2. The lowest BCUT2D eigenvalue weighted by atomic mass is 9.98. The highest BCUT2D eigenvalue weighted by molar-refractivity contribution is 7.89. The molecule has 122 valence electrons. The van der Waals surface area contributed by atoms with Gasteiger partial charge in [0.05, 0.1) is 0 Å². The number of aromatic nitrogens is 1. The number of nitrogens with one attached hydrogen (secondary N) is 2. The SMILES string of the molecule is CCNC(=O)NCC1CCN(S(=O)(=O)c2cccnc2)CC1. The normalized spacial score (nSPS) is 17.1. The largest absolute Gasteiger partial charge is 0.338 e. The van der Waals surface area contributed by atoms with Crippen LogP contribution in [0.2, 0.25) is 0 Å². The maximum absolute atomic E-state index is 12.5. The zero-order valence-corrected chi connectivity index (χ0v) is 13.5. The molecule has 7 nitrogen and oxygen atoms in total. The molecule has 0 bridgehead atoms. The molecule has 1 aliphatic heterocycles. The summed E-state index contributed by atoms with van der Waals surface area (Å²) in [5.41, 5.74) is 0. The van der Waals surface area contributed by atoms with Crippen LogP contribution >= 0.6 is 0 Å². The number of rotatable bonds is 5. The van der Waals surface area contributed by atoms with Crippen molar-refractivity contribution in [2.24, 2.45) is 5.92 Å². The van der Waals surface area contributed by atoms with Gasteiger partial charge in [0.1, 0.15) is 4.90 Å². The van der Waals surface area contributed by atoms with Gasteiger partial charge in [-0.1, -0.05) is 0 Å². The Hall–Kier alpha value is -1.67. The molecule has 22 heavy (non-hydrogen) atoms. The summed E-state index contributed by atoms with van der Waals surface area (Å²) < 4.78 is 26.4. The highest BCUT2D eigenvalue weighted by Crippen LogP contribution is 2.22. The predicted molar refractivity (Wildman–Crippen MR) is 82.8 cm³/mol. The van der Waals surface area contributed by atoms with Crippen molar-refractivity contribution in [3.05, 3.63) is 24.5 Å². The Kier molecular flexibility index (Phi) is 5.73. The van der Waals surface area contributed by atoms with Crippen LogP contribution in [0.5, 0.6) is 0 Å². The van der Waals surface area contributed by atoms with Crippen LogP contribution in [-0.2, 0) is 10.0 Å². The van der Waals surface area contributed by atoms with Crippen molar-refractivity contribution in [1.82, 2.24) is 19.9 Å². The molecule has 1 aromatic heterocycles. The number of hydrogen-bond donors (Lipinski definition) is 2. The first-order valence-electron chi connectivity index (χ1n) is 7.46. The molecule has 2 heterocycles. The Labute approximate surface area is 131 Å². The molecular weight excluding hydrogens is 304 g/mol. The Morgan fingerprint density at radius 3 is 2.68 bits per heavy atom. The van der Waals surface area contributed by atoms with Gasteiger partial charge in [0, 0.05) is 38.6 Å². The van der Waals surface area contributed by atoms with Crippen molar-refractivity contribution < 1.29 is 13.2 Å². The molecule has 1 fully saturated rings. The van der Waals surface area contributed by atoms with Crippen LogP contribution in [0.25, 0.3) is 0 Å². The molecule has 1 saturated heterocycles. The third kappa shape index (κ3) is 4.17. The van der Waals surface area contributed by atoms with E-state index < -0.39 is 10.0 Å². The van der Waals surface area contributed by atoms with Gasteiger partial charge in [0.2, 0.25) is 10.0 Å². The summed E-state index contributed by atoms with van der Waals surface area (Å²) in [6.45, 7) is 3.97. The minimum Gasteiger partial charge on any atom is -0.338 e. The molecule has 0 saturated carbocycles. The van der Waals surface area contributed by atoms with E-state index in [9.17, 15) is 13.2 Å². The third-order valence-corrected chi connectivity index (χ3v) is 5.62. The van der Waals surface area contributed by atoms with E-state index in [-0.39, 0.29) is 10.9 Å². The maximum Gasteiger partial charge on any atom is 0.314 e. The minimum atomic E-state index is -3.45. The number of hydrogen-bond acceptors (Lipinski definition) is 4. The molecule has 0 aliphatic carbocycles. The first kappa shape index (κ1) is 16.7. The Morgan fingerprint density at radius 1 is 1.36 bits per heavy atom. The number of carbonyl (C=O) groups excluding carboxylic acids is 1. The van der Waals surface area contributed by atoms with Crippen LogP contribution in [0, 0.1) is 5.92 Å². The molecule has 1 aromatic rings. The zero-order chi connectivity index (χ0) is 16.0. The van der Waals surface area contributed by atoms with Crippen molar-refractivity contribution in [3.63, 3.8) is 0 Å².